The molecule has 108 valence electrons. The van der Waals surface area contributed by atoms with Crippen molar-refractivity contribution in [2.45, 2.75) is 58.0 Å². The molecule has 0 bridgehead atoms. The highest BCUT2D eigenvalue weighted by Gasteiger charge is 2.42. The van der Waals surface area contributed by atoms with Crippen molar-refractivity contribution < 1.29 is 0 Å². The molecule has 19 heavy (non-hydrogen) atoms. The molecule has 0 aromatic carbocycles. The molecule has 0 saturated carbocycles. The second-order valence-corrected chi connectivity index (χ2v) is 6.49. The van der Waals surface area contributed by atoms with Gasteiger partial charge in [-0.2, -0.15) is 0 Å². The van der Waals surface area contributed by atoms with E-state index in [0.29, 0.717) is 6.04 Å². The number of hydrogen-bond acceptors (Lipinski definition) is 3. The molecule has 2 heterocycles. The Balaban J connectivity index is 2.32. The van der Waals surface area contributed by atoms with E-state index in [1.807, 2.05) is 11.3 Å². The Morgan fingerprint density at radius 2 is 1.95 bits per heavy atom. The molecule has 1 aromatic heterocycles. The van der Waals surface area contributed by atoms with Gasteiger partial charge in [0.1, 0.15) is 0 Å². The number of nitrogens with one attached hydrogen (secondary N) is 1. The Bertz CT molecular complexity index is 351. The molecule has 1 aromatic rings. The molecule has 0 amide bonds. The Labute approximate surface area is 122 Å². The van der Waals surface area contributed by atoms with E-state index < -0.39 is 0 Å². The van der Waals surface area contributed by atoms with Gasteiger partial charge in [0, 0.05) is 10.4 Å². The molecule has 0 spiro atoms. The predicted octanol–water partition coefficient (Wildman–Crippen LogP) is 4.05. The Hall–Kier alpha value is -0.380. The van der Waals surface area contributed by atoms with Gasteiger partial charge in [-0.25, -0.2) is 0 Å². The first-order chi connectivity index (χ1) is 9.28. The van der Waals surface area contributed by atoms with Crippen molar-refractivity contribution in [2.24, 2.45) is 0 Å². The first kappa shape index (κ1) is 15.0. The summed E-state index contributed by atoms with van der Waals surface area (Å²) in [5, 5.41) is 5.98. The number of nitrogens with zero attached hydrogens (tertiary/aromatic N) is 1. The number of likely N-dealkylation sites (tertiary alicyclic amines) is 1. The minimum absolute atomic E-state index is 0.289. The second kappa shape index (κ2) is 6.87. The van der Waals surface area contributed by atoms with Crippen LogP contribution in [0.5, 0.6) is 0 Å². The molecule has 0 radical (unpaired) electrons. The van der Waals surface area contributed by atoms with Crippen LogP contribution >= 0.6 is 11.3 Å². The standard InChI is InChI=1S/C16H28N2S/c1-4-16(5-2,18-11-7-8-12-18)15(17-6-3)14-10-9-13-19-14/h9-10,13,15,17H,4-8,11-12H2,1-3H3. The molecule has 2 nitrogen and oxygen atoms in total. The zero-order chi connectivity index (χ0) is 13.7. The van der Waals surface area contributed by atoms with E-state index >= 15 is 0 Å². The van der Waals surface area contributed by atoms with E-state index in [4.69, 9.17) is 0 Å². The van der Waals surface area contributed by atoms with Crippen LogP contribution in [0.25, 0.3) is 0 Å². The van der Waals surface area contributed by atoms with Crippen molar-refractivity contribution >= 4 is 11.3 Å². The molecule has 2 rings (SSSR count). The summed E-state index contributed by atoms with van der Waals surface area (Å²) >= 11 is 1.90. The molecule has 1 aliphatic rings. The van der Waals surface area contributed by atoms with Crippen LogP contribution in [0.15, 0.2) is 17.5 Å². The lowest BCUT2D eigenvalue weighted by Gasteiger charge is -2.47. The third-order valence-electron chi connectivity index (χ3n) is 4.73. The molecule has 0 aliphatic carbocycles. The fourth-order valence-electron chi connectivity index (χ4n) is 3.67. The van der Waals surface area contributed by atoms with Crippen molar-refractivity contribution in [3.05, 3.63) is 22.4 Å². The van der Waals surface area contributed by atoms with Gasteiger partial charge in [0.25, 0.3) is 0 Å². The van der Waals surface area contributed by atoms with E-state index in [2.05, 4.69) is 48.5 Å². The van der Waals surface area contributed by atoms with Crippen molar-refractivity contribution in [1.29, 1.82) is 0 Å². The highest BCUT2D eigenvalue weighted by atomic mass is 32.1. The van der Waals surface area contributed by atoms with Crippen molar-refractivity contribution in [3.63, 3.8) is 0 Å². The first-order valence-corrected chi connectivity index (χ1v) is 8.68. The van der Waals surface area contributed by atoms with Crippen LogP contribution in [0.1, 0.15) is 57.4 Å². The van der Waals surface area contributed by atoms with Gasteiger partial charge in [-0.1, -0.05) is 26.8 Å². The number of likely N-dealkylation sites (N-methyl/N-ethyl adjacent to an activating group) is 1. The van der Waals surface area contributed by atoms with Crippen molar-refractivity contribution in [2.75, 3.05) is 19.6 Å². The lowest BCUT2D eigenvalue weighted by molar-refractivity contribution is 0.0636. The highest BCUT2D eigenvalue weighted by molar-refractivity contribution is 7.10. The first-order valence-electron chi connectivity index (χ1n) is 7.80. The number of thiophene rings is 1. The summed E-state index contributed by atoms with van der Waals surface area (Å²) in [6.07, 6.45) is 5.17. The topological polar surface area (TPSA) is 15.3 Å². The van der Waals surface area contributed by atoms with E-state index in [0.717, 1.165) is 6.54 Å². The van der Waals surface area contributed by atoms with E-state index in [1.165, 1.54) is 43.6 Å². The second-order valence-electron chi connectivity index (χ2n) is 5.51. The van der Waals surface area contributed by atoms with Crippen molar-refractivity contribution in [3.8, 4) is 0 Å². The normalized spacial score (nSPS) is 18.9. The highest BCUT2D eigenvalue weighted by Crippen LogP contribution is 2.40. The van der Waals surface area contributed by atoms with Crippen LogP contribution in [0.2, 0.25) is 0 Å². The summed E-state index contributed by atoms with van der Waals surface area (Å²) in [6, 6.07) is 4.96. The molecular formula is C16H28N2S. The molecule has 1 fully saturated rings. The number of rotatable bonds is 7. The fraction of sp³-hybridized carbons (Fsp3) is 0.750. The van der Waals surface area contributed by atoms with Gasteiger partial charge in [-0.15, -0.1) is 11.3 Å². The average molecular weight is 280 g/mol. The molecule has 1 saturated heterocycles. The van der Waals surface area contributed by atoms with Gasteiger partial charge < -0.3 is 5.32 Å². The van der Waals surface area contributed by atoms with Crippen LogP contribution in [-0.4, -0.2) is 30.1 Å². The monoisotopic (exact) mass is 280 g/mol. The smallest absolute Gasteiger partial charge is 0.0601 e. The summed E-state index contributed by atoms with van der Waals surface area (Å²) in [6.45, 7) is 10.5. The lowest BCUT2D eigenvalue weighted by atomic mass is 9.81. The maximum Gasteiger partial charge on any atom is 0.0601 e. The summed E-state index contributed by atoms with van der Waals surface area (Å²) in [4.78, 5) is 4.25. The Morgan fingerprint density at radius 3 is 2.42 bits per heavy atom. The van der Waals surface area contributed by atoms with Crippen LogP contribution in [0, 0.1) is 0 Å². The zero-order valence-corrected chi connectivity index (χ0v) is 13.4. The van der Waals surface area contributed by atoms with E-state index in [9.17, 15) is 0 Å². The zero-order valence-electron chi connectivity index (χ0n) is 12.6. The Morgan fingerprint density at radius 1 is 1.26 bits per heavy atom. The molecular weight excluding hydrogens is 252 g/mol. The van der Waals surface area contributed by atoms with Gasteiger partial charge >= 0.3 is 0 Å². The third-order valence-corrected chi connectivity index (χ3v) is 5.67. The van der Waals surface area contributed by atoms with Crippen molar-refractivity contribution in [1.82, 2.24) is 10.2 Å². The van der Waals surface area contributed by atoms with Gasteiger partial charge in [0.05, 0.1) is 6.04 Å². The minimum atomic E-state index is 0.289. The summed E-state index contributed by atoms with van der Waals surface area (Å²) < 4.78 is 0. The van der Waals surface area contributed by atoms with Crippen LogP contribution in [0.3, 0.4) is 0 Å². The van der Waals surface area contributed by atoms with Gasteiger partial charge in [0.15, 0.2) is 0 Å². The Kier molecular flexibility index (Phi) is 5.43. The molecule has 3 heteroatoms. The fourth-order valence-corrected chi connectivity index (χ4v) is 4.58. The minimum Gasteiger partial charge on any atom is -0.308 e. The lowest BCUT2D eigenvalue weighted by Crippen LogP contribution is -2.54. The largest absolute Gasteiger partial charge is 0.308 e. The van der Waals surface area contributed by atoms with Crippen LogP contribution in [0.4, 0.5) is 0 Å². The SMILES string of the molecule is CCNC(c1cccs1)C(CC)(CC)N1CCCC1. The average Bonchev–Trinajstić information content (AvgIpc) is 3.13. The van der Waals surface area contributed by atoms with Crippen LogP contribution in [-0.2, 0) is 0 Å². The predicted molar refractivity (Wildman–Crippen MR) is 84.9 cm³/mol. The molecule has 1 unspecified atom stereocenters. The van der Waals surface area contributed by atoms with Crippen LogP contribution < -0.4 is 5.32 Å². The third kappa shape index (κ3) is 2.88. The van der Waals surface area contributed by atoms with E-state index in [-0.39, 0.29) is 5.54 Å². The molecule has 1 N–H and O–H groups in total. The summed E-state index contributed by atoms with van der Waals surface area (Å²) in [5.41, 5.74) is 0.289. The van der Waals surface area contributed by atoms with Gasteiger partial charge in [0.2, 0.25) is 0 Å². The molecule has 1 aliphatic heterocycles. The van der Waals surface area contributed by atoms with Gasteiger partial charge in [-0.3, -0.25) is 4.90 Å². The maximum atomic E-state index is 3.77. The number of hydrogen-bond donors (Lipinski definition) is 1. The summed E-state index contributed by atoms with van der Waals surface area (Å²) in [7, 11) is 0. The molecule has 1 atom stereocenters. The van der Waals surface area contributed by atoms with E-state index in [1.54, 1.807) is 0 Å². The summed E-state index contributed by atoms with van der Waals surface area (Å²) in [5.74, 6) is 0. The van der Waals surface area contributed by atoms with Gasteiger partial charge in [-0.05, 0) is 56.8 Å². The quantitative estimate of drug-likeness (QED) is 0.810. The maximum absolute atomic E-state index is 3.77.